The molecule has 0 N–H and O–H groups in total. The Bertz CT molecular complexity index is 1830. The number of likely N-dealkylation sites (N-methyl/N-ethyl adjacent to an activating group) is 1. The molecule has 0 aliphatic carbocycles. The van der Waals surface area contributed by atoms with Crippen LogP contribution < -0.4 is 15.3 Å². The Morgan fingerprint density at radius 3 is 2.77 bits per heavy atom. The van der Waals surface area contributed by atoms with Crippen LogP contribution in [0.4, 0.5) is 14.6 Å². The highest BCUT2D eigenvalue weighted by Crippen LogP contribution is 2.42. The van der Waals surface area contributed by atoms with Gasteiger partial charge in [-0.1, -0.05) is 26.5 Å². The highest BCUT2D eigenvalue weighted by Gasteiger charge is 2.49. The lowest BCUT2D eigenvalue weighted by Gasteiger charge is -2.47. The number of hydrogen-bond donors (Lipinski definition) is 0. The molecule has 2 saturated heterocycles. The van der Waals surface area contributed by atoms with Gasteiger partial charge >= 0.3 is 5.69 Å². The van der Waals surface area contributed by atoms with E-state index in [-0.39, 0.29) is 59.2 Å². The van der Waals surface area contributed by atoms with Crippen LogP contribution in [0.15, 0.2) is 59.6 Å². The number of pyridine rings is 1. The highest BCUT2D eigenvalue weighted by molar-refractivity contribution is 5.93. The first-order valence-corrected chi connectivity index (χ1v) is 15.1. The van der Waals surface area contributed by atoms with Crippen LogP contribution in [-0.4, -0.2) is 75.1 Å². The van der Waals surface area contributed by atoms with Crippen molar-refractivity contribution in [2.24, 2.45) is 5.92 Å². The van der Waals surface area contributed by atoms with Crippen molar-refractivity contribution < 1.29 is 18.3 Å². The summed E-state index contributed by atoms with van der Waals surface area (Å²) in [6.45, 7) is 9.06. The molecule has 3 aromatic rings. The first-order chi connectivity index (χ1) is 21.2. The summed E-state index contributed by atoms with van der Waals surface area (Å²) in [5.41, 5.74) is 1.01. The Kier molecular flexibility index (Phi) is 6.78. The average Bonchev–Trinajstić information content (AvgIpc) is 3.30. The van der Waals surface area contributed by atoms with Crippen LogP contribution in [0.3, 0.4) is 0 Å². The van der Waals surface area contributed by atoms with Gasteiger partial charge in [0.1, 0.15) is 23.1 Å². The van der Waals surface area contributed by atoms with Crippen LogP contribution >= 0.6 is 0 Å². The van der Waals surface area contributed by atoms with E-state index in [4.69, 9.17) is 9.72 Å². The molecule has 9 nitrogen and oxygen atoms in total. The minimum absolute atomic E-state index is 0.0513. The number of fused-ring (bicyclic) bond motifs is 5. The van der Waals surface area contributed by atoms with E-state index in [1.165, 1.54) is 28.8 Å². The van der Waals surface area contributed by atoms with E-state index in [0.717, 1.165) is 11.3 Å². The molecule has 228 valence electrons. The fraction of sp³-hybridized carbons (Fsp3) is 0.394. The van der Waals surface area contributed by atoms with E-state index < -0.39 is 17.3 Å². The molecule has 2 aromatic heterocycles. The third-order valence-corrected chi connectivity index (χ3v) is 9.32. The topological polar surface area (TPSA) is 83.8 Å². The van der Waals surface area contributed by atoms with Gasteiger partial charge in [-0.2, -0.15) is 4.98 Å². The molecule has 6 heterocycles. The molecule has 0 saturated carbocycles. The minimum Gasteiger partial charge on any atom is -0.493 e. The molecule has 0 unspecified atom stereocenters. The molecule has 0 spiro atoms. The van der Waals surface area contributed by atoms with Crippen molar-refractivity contribution in [3.63, 3.8) is 0 Å². The zero-order valence-corrected chi connectivity index (χ0v) is 25.0. The average molecular weight is 601 g/mol. The number of allylic oxidation sites excluding steroid dienone is 2. The summed E-state index contributed by atoms with van der Waals surface area (Å²) in [6.07, 6.45) is 7.18. The standard InChI is InChI=1S/C33H34F2N6O3/c1-5-26(42)39-14-12-23-24(39)17-40(23)31-20-16-22(35)28-27-21(34)9-6-10-25(27)44-15-7-8-19-11-13-38(4)29(18(2)3)30(19)41(32(20)36-28)33(43)37-31/h5-6,9-11,13,16,18,23-24,29H,1,7-8,12,14-15,17H2,2-4H3/t23-,24-,29-/m0/s1. The summed E-state index contributed by atoms with van der Waals surface area (Å²) < 4.78 is 39.1. The SMILES string of the molecule is C=CC(=O)N1CC[C@H]2[C@@H]1CN2c1nc(=O)n2c3nc(c(F)cc13)-c1c(F)cccc1OCCCC1=C2[C@H](C(C)C)N(C)C=C1. The summed E-state index contributed by atoms with van der Waals surface area (Å²) in [4.78, 5) is 41.8. The van der Waals surface area contributed by atoms with Crippen LogP contribution in [0.25, 0.3) is 28.0 Å². The van der Waals surface area contributed by atoms with Crippen molar-refractivity contribution >= 4 is 28.5 Å². The number of benzene rings is 1. The lowest BCUT2D eigenvalue weighted by molar-refractivity contribution is -0.127. The summed E-state index contributed by atoms with van der Waals surface area (Å²) in [5.74, 6) is -0.954. The first-order valence-electron chi connectivity index (χ1n) is 15.1. The van der Waals surface area contributed by atoms with Gasteiger partial charge in [-0.25, -0.2) is 23.1 Å². The summed E-state index contributed by atoms with van der Waals surface area (Å²) >= 11 is 0. The predicted octanol–water partition coefficient (Wildman–Crippen LogP) is 4.58. The lowest BCUT2D eigenvalue weighted by Crippen LogP contribution is -2.63. The van der Waals surface area contributed by atoms with Gasteiger partial charge in [0.25, 0.3) is 0 Å². The van der Waals surface area contributed by atoms with E-state index >= 15 is 8.78 Å². The van der Waals surface area contributed by atoms with Crippen LogP contribution in [0.2, 0.25) is 0 Å². The van der Waals surface area contributed by atoms with Gasteiger partial charge < -0.3 is 19.4 Å². The number of ether oxygens (including phenoxy) is 1. The van der Waals surface area contributed by atoms with Crippen LogP contribution in [-0.2, 0) is 4.79 Å². The van der Waals surface area contributed by atoms with Crippen molar-refractivity contribution in [1.82, 2.24) is 24.3 Å². The third-order valence-electron chi connectivity index (χ3n) is 9.32. The minimum atomic E-state index is -0.750. The van der Waals surface area contributed by atoms with Gasteiger partial charge in [0, 0.05) is 20.1 Å². The second kappa shape index (κ2) is 10.6. The molecule has 11 heteroatoms. The maximum absolute atomic E-state index is 16.2. The van der Waals surface area contributed by atoms with Crippen molar-refractivity contribution in [3.8, 4) is 17.0 Å². The molecule has 1 amide bonds. The summed E-state index contributed by atoms with van der Waals surface area (Å²) in [7, 11) is 1.96. The molecule has 2 fully saturated rings. The van der Waals surface area contributed by atoms with Gasteiger partial charge in [-0.05, 0) is 67.3 Å². The fourth-order valence-corrected chi connectivity index (χ4v) is 7.31. The maximum atomic E-state index is 16.2. The second-order valence-corrected chi connectivity index (χ2v) is 12.2. The third kappa shape index (κ3) is 4.23. The molecule has 4 aliphatic rings. The monoisotopic (exact) mass is 600 g/mol. The Balaban J connectivity index is 1.51. The highest BCUT2D eigenvalue weighted by atomic mass is 19.1. The van der Waals surface area contributed by atoms with Crippen LogP contribution in [0, 0.1) is 17.6 Å². The molecular formula is C33H34F2N6O3. The number of rotatable bonds is 3. The number of halogens is 2. The number of hydrogen-bond acceptors (Lipinski definition) is 7. The predicted molar refractivity (Wildman–Crippen MR) is 164 cm³/mol. The van der Waals surface area contributed by atoms with E-state index in [1.807, 2.05) is 24.2 Å². The van der Waals surface area contributed by atoms with E-state index in [9.17, 15) is 9.59 Å². The number of aromatic nitrogens is 3. The zero-order chi connectivity index (χ0) is 30.9. The van der Waals surface area contributed by atoms with Gasteiger partial charge in [-0.15, -0.1) is 0 Å². The Labute approximate surface area is 253 Å². The summed E-state index contributed by atoms with van der Waals surface area (Å²) in [6, 6.07) is 5.35. The second-order valence-electron chi connectivity index (χ2n) is 12.2. The molecular weight excluding hydrogens is 566 g/mol. The molecule has 3 atom stereocenters. The molecule has 2 bridgehead atoms. The zero-order valence-electron chi connectivity index (χ0n) is 25.0. The van der Waals surface area contributed by atoms with Crippen LogP contribution in [0.5, 0.6) is 5.75 Å². The summed E-state index contributed by atoms with van der Waals surface area (Å²) in [5, 5.41) is 0.347. The molecule has 1 aromatic carbocycles. The smallest absolute Gasteiger partial charge is 0.355 e. The Morgan fingerprint density at radius 2 is 2.00 bits per heavy atom. The van der Waals surface area contributed by atoms with Gasteiger partial charge in [0.05, 0.1) is 41.4 Å². The number of amides is 1. The number of carbonyl (C=O) groups excluding carboxylic acids is 1. The maximum Gasteiger partial charge on any atom is 0.355 e. The van der Waals surface area contributed by atoms with E-state index in [0.29, 0.717) is 43.6 Å². The number of likely N-dealkylation sites (tertiary alicyclic amines) is 1. The van der Waals surface area contributed by atoms with Gasteiger partial charge in [0.2, 0.25) is 5.91 Å². The molecule has 7 rings (SSSR count). The van der Waals surface area contributed by atoms with E-state index in [2.05, 4.69) is 30.3 Å². The molecule has 0 radical (unpaired) electrons. The van der Waals surface area contributed by atoms with Crippen LogP contribution in [0.1, 0.15) is 33.1 Å². The van der Waals surface area contributed by atoms with Crippen molar-refractivity contribution in [1.29, 1.82) is 0 Å². The van der Waals surface area contributed by atoms with Crippen molar-refractivity contribution in [2.75, 3.05) is 31.6 Å². The van der Waals surface area contributed by atoms with Crippen molar-refractivity contribution in [2.45, 2.75) is 51.2 Å². The largest absolute Gasteiger partial charge is 0.493 e. The quantitative estimate of drug-likeness (QED) is 0.407. The first kappa shape index (κ1) is 28.2. The lowest BCUT2D eigenvalue weighted by atomic mass is 9.91. The number of anilines is 1. The fourth-order valence-electron chi connectivity index (χ4n) is 7.31. The van der Waals surface area contributed by atoms with Gasteiger partial charge in [-0.3, -0.25) is 4.79 Å². The Hall–Kier alpha value is -4.54. The Morgan fingerprint density at radius 1 is 1.18 bits per heavy atom. The van der Waals surface area contributed by atoms with E-state index in [1.54, 1.807) is 11.0 Å². The molecule has 4 aliphatic heterocycles. The number of carbonyl (C=O) groups is 1. The van der Waals surface area contributed by atoms with Gasteiger partial charge in [0.15, 0.2) is 11.5 Å². The molecule has 44 heavy (non-hydrogen) atoms. The van der Waals surface area contributed by atoms with Crippen molar-refractivity contribution in [3.05, 3.63) is 76.9 Å². The number of nitrogens with zero attached hydrogens (tertiary/aromatic N) is 6. The normalized spacial score (nSPS) is 22.7.